The summed E-state index contributed by atoms with van der Waals surface area (Å²) >= 11 is 0. The number of rotatable bonds is 7. The average Bonchev–Trinajstić information content (AvgIpc) is 3.60. The van der Waals surface area contributed by atoms with Gasteiger partial charge in [0.15, 0.2) is 11.8 Å². The van der Waals surface area contributed by atoms with Gasteiger partial charge in [0.2, 0.25) is 0 Å². The summed E-state index contributed by atoms with van der Waals surface area (Å²) in [7, 11) is 0. The lowest BCUT2D eigenvalue weighted by atomic mass is 9.96. The number of nitrogens with zero attached hydrogens (tertiary/aromatic N) is 4. The maximum absolute atomic E-state index is 12.9. The summed E-state index contributed by atoms with van der Waals surface area (Å²) in [4.78, 5) is 21.9. The number of carbonyl (C=O) groups excluding carboxylic acids is 1. The summed E-state index contributed by atoms with van der Waals surface area (Å²) in [6, 6.07) is 6.10. The van der Waals surface area contributed by atoms with Crippen LogP contribution >= 0.6 is 0 Å². The zero-order valence-electron chi connectivity index (χ0n) is 21.3. The Labute approximate surface area is 217 Å². The third kappa shape index (κ3) is 4.89. The van der Waals surface area contributed by atoms with Crippen LogP contribution in [0.5, 0.6) is 11.8 Å². The molecule has 2 aromatic rings. The molecule has 0 radical (unpaired) electrons. The van der Waals surface area contributed by atoms with Crippen molar-refractivity contribution in [3.8, 4) is 11.8 Å². The quantitative estimate of drug-likeness (QED) is 0.491. The molecule has 3 heterocycles. The first kappa shape index (κ1) is 24.2. The van der Waals surface area contributed by atoms with E-state index in [0.717, 1.165) is 75.2 Å². The number of nitrogens with one attached hydrogen (secondary N) is 1. The number of carbonyl (C=O) groups is 1. The van der Waals surface area contributed by atoms with Crippen molar-refractivity contribution >= 4 is 11.9 Å². The van der Waals surface area contributed by atoms with E-state index < -0.39 is 12.2 Å². The Kier molecular flexibility index (Phi) is 6.71. The first-order chi connectivity index (χ1) is 18.1. The van der Waals surface area contributed by atoms with E-state index in [9.17, 15) is 15.0 Å². The molecule has 0 aromatic carbocycles. The van der Waals surface area contributed by atoms with Gasteiger partial charge < -0.3 is 25.2 Å². The predicted molar refractivity (Wildman–Crippen MR) is 140 cm³/mol. The van der Waals surface area contributed by atoms with Crippen molar-refractivity contribution in [1.82, 2.24) is 19.8 Å². The Morgan fingerprint density at radius 1 is 1.00 bits per heavy atom. The molecule has 1 aliphatic heterocycles. The molecule has 198 valence electrons. The molecule has 37 heavy (non-hydrogen) atoms. The summed E-state index contributed by atoms with van der Waals surface area (Å²) < 4.78 is 7.52. The number of anilines is 1. The van der Waals surface area contributed by atoms with Crippen LogP contribution in [-0.4, -0.2) is 75.6 Å². The summed E-state index contributed by atoms with van der Waals surface area (Å²) in [5, 5.41) is 25.2. The molecule has 1 saturated carbocycles. The van der Waals surface area contributed by atoms with Crippen LogP contribution in [0.1, 0.15) is 61.5 Å². The summed E-state index contributed by atoms with van der Waals surface area (Å²) in [5.41, 5.74) is 1.67. The molecule has 1 amide bonds. The second kappa shape index (κ2) is 10.3. The predicted octanol–water partition coefficient (Wildman–Crippen LogP) is 3.68. The molecule has 9 heteroatoms. The minimum absolute atomic E-state index is 0.102. The van der Waals surface area contributed by atoms with Crippen molar-refractivity contribution in [2.24, 2.45) is 0 Å². The van der Waals surface area contributed by atoms with E-state index in [1.807, 2.05) is 24.4 Å². The highest BCUT2D eigenvalue weighted by Crippen LogP contribution is 2.56. The number of hydrogen-bond acceptors (Lipinski definition) is 7. The highest BCUT2D eigenvalue weighted by atomic mass is 16.6. The van der Waals surface area contributed by atoms with E-state index in [2.05, 4.69) is 32.3 Å². The maximum Gasteiger partial charge on any atom is 0.407 e. The van der Waals surface area contributed by atoms with E-state index in [0.29, 0.717) is 6.54 Å². The van der Waals surface area contributed by atoms with Crippen molar-refractivity contribution in [3.63, 3.8) is 0 Å². The van der Waals surface area contributed by atoms with Gasteiger partial charge in [-0.2, -0.15) is 0 Å². The van der Waals surface area contributed by atoms with Gasteiger partial charge in [0.25, 0.3) is 0 Å². The van der Waals surface area contributed by atoms with Gasteiger partial charge in [-0.25, -0.2) is 9.78 Å². The van der Waals surface area contributed by atoms with E-state index in [1.165, 1.54) is 6.42 Å². The number of pyridine rings is 1. The molecule has 9 nitrogen and oxygen atoms in total. The molecule has 1 saturated heterocycles. The SMILES string of the molecule is O=C(NC1CCCCC1)OC(CN1CCN(c2ccccn2)CC1)Cn1c(O)c2c(c1O)[C@H]1C=CC2C1. The smallest absolute Gasteiger partial charge is 0.407 e. The number of hydrogen-bond donors (Lipinski definition) is 3. The van der Waals surface area contributed by atoms with Crippen LogP contribution in [0.25, 0.3) is 0 Å². The van der Waals surface area contributed by atoms with Gasteiger partial charge in [-0.05, 0) is 31.4 Å². The Morgan fingerprint density at radius 3 is 2.35 bits per heavy atom. The Bertz CT molecular complexity index is 1100. The maximum atomic E-state index is 12.9. The first-order valence-electron chi connectivity index (χ1n) is 13.7. The van der Waals surface area contributed by atoms with Gasteiger partial charge in [-0.15, -0.1) is 0 Å². The first-order valence-corrected chi connectivity index (χ1v) is 13.7. The fraction of sp³-hybridized carbons (Fsp3) is 0.571. The van der Waals surface area contributed by atoms with Crippen LogP contribution in [0.4, 0.5) is 10.6 Å². The van der Waals surface area contributed by atoms with Crippen molar-refractivity contribution in [2.45, 2.75) is 69.1 Å². The molecule has 2 aromatic heterocycles. The molecule has 2 bridgehead atoms. The second-order valence-corrected chi connectivity index (χ2v) is 10.9. The van der Waals surface area contributed by atoms with Crippen LogP contribution in [0.2, 0.25) is 0 Å². The van der Waals surface area contributed by atoms with E-state index in [-0.39, 0.29) is 36.2 Å². The van der Waals surface area contributed by atoms with Gasteiger partial charge in [-0.3, -0.25) is 9.47 Å². The Hall–Kier alpha value is -3.20. The van der Waals surface area contributed by atoms with Crippen LogP contribution in [0, 0.1) is 0 Å². The molecule has 2 unspecified atom stereocenters. The number of amides is 1. The van der Waals surface area contributed by atoms with Gasteiger partial charge in [0.1, 0.15) is 11.9 Å². The fourth-order valence-corrected chi connectivity index (χ4v) is 6.59. The monoisotopic (exact) mass is 507 g/mol. The normalized spacial score (nSPS) is 24.3. The van der Waals surface area contributed by atoms with Gasteiger partial charge in [-0.1, -0.05) is 37.5 Å². The molecule has 2 fully saturated rings. The largest absolute Gasteiger partial charge is 0.494 e. The lowest BCUT2D eigenvalue weighted by molar-refractivity contribution is 0.0530. The average molecular weight is 508 g/mol. The Morgan fingerprint density at radius 2 is 1.70 bits per heavy atom. The Balaban J connectivity index is 1.15. The molecular formula is C28H37N5O4. The molecule has 3 aliphatic carbocycles. The minimum Gasteiger partial charge on any atom is -0.494 e. The van der Waals surface area contributed by atoms with Crippen LogP contribution < -0.4 is 10.2 Å². The molecular weight excluding hydrogens is 470 g/mol. The molecule has 3 atom stereocenters. The van der Waals surface area contributed by atoms with Crippen molar-refractivity contribution in [1.29, 1.82) is 0 Å². The second-order valence-electron chi connectivity index (χ2n) is 10.9. The molecule has 0 spiro atoms. The number of allylic oxidation sites excluding steroid dienone is 2. The molecule has 3 N–H and O–H groups in total. The van der Waals surface area contributed by atoms with Crippen molar-refractivity contribution < 1.29 is 19.7 Å². The third-order valence-corrected chi connectivity index (χ3v) is 8.50. The molecule has 4 aliphatic rings. The highest BCUT2D eigenvalue weighted by Gasteiger charge is 2.41. The van der Waals surface area contributed by atoms with Crippen LogP contribution in [0.15, 0.2) is 36.5 Å². The third-order valence-electron chi connectivity index (χ3n) is 8.50. The standard InChI is InChI=1S/C28H37N5O4/c34-26-24-19-9-10-20(16-19)25(24)27(35)33(26)18-22(37-28(36)30-21-6-2-1-3-7-21)17-31-12-14-32(15-13-31)23-8-4-5-11-29-23/h4-5,8-11,19-22,34-35H,1-3,6-7,12-18H2,(H,30,36)/t19-,20?,22?/m0/s1. The molecule has 6 rings (SSSR count). The van der Waals surface area contributed by atoms with E-state index >= 15 is 0 Å². The van der Waals surface area contributed by atoms with E-state index in [4.69, 9.17) is 4.74 Å². The van der Waals surface area contributed by atoms with Gasteiger partial charge in [0, 0.05) is 67.9 Å². The summed E-state index contributed by atoms with van der Waals surface area (Å²) in [6.45, 7) is 4.04. The fourth-order valence-electron chi connectivity index (χ4n) is 6.59. The summed E-state index contributed by atoms with van der Waals surface area (Å²) in [5.74, 6) is 1.49. The topological polar surface area (TPSA) is 103 Å². The van der Waals surface area contributed by atoms with Crippen LogP contribution in [-0.2, 0) is 11.3 Å². The minimum atomic E-state index is -0.514. The van der Waals surface area contributed by atoms with Crippen LogP contribution in [0.3, 0.4) is 0 Å². The number of ether oxygens (including phenoxy) is 1. The lowest BCUT2D eigenvalue weighted by Crippen LogP contribution is -2.50. The number of piperazine rings is 1. The lowest BCUT2D eigenvalue weighted by Gasteiger charge is -2.37. The van der Waals surface area contributed by atoms with Gasteiger partial charge in [0.05, 0.1) is 6.54 Å². The number of aromatic nitrogens is 2. The zero-order valence-corrected chi connectivity index (χ0v) is 21.3. The van der Waals surface area contributed by atoms with E-state index in [1.54, 1.807) is 4.57 Å². The number of fused-ring (bicyclic) bond motifs is 5. The zero-order chi connectivity index (χ0) is 25.4. The summed E-state index contributed by atoms with van der Waals surface area (Å²) in [6.07, 6.45) is 11.5. The van der Waals surface area contributed by atoms with Crippen molar-refractivity contribution in [2.75, 3.05) is 37.6 Å². The number of aromatic hydroxyl groups is 2. The number of alkyl carbamates (subject to hydrolysis) is 1. The highest BCUT2D eigenvalue weighted by molar-refractivity contribution is 5.68. The van der Waals surface area contributed by atoms with Gasteiger partial charge >= 0.3 is 6.09 Å². The van der Waals surface area contributed by atoms with Crippen molar-refractivity contribution in [3.05, 3.63) is 47.7 Å².